The maximum absolute atomic E-state index is 6.05. The summed E-state index contributed by atoms with van der Waals surface area (Å²) in [6.45, 7) is 2.16. The molecule has 0 aliphatic carbocycles. The van der Waals surface area contributed by atoms with Crippen LogP contribution in [0.25, 0.3) is 22.4 Å². The van der Waals surface area contributed by atoms with Crippen molar-refractivity contribution in [1.82, 2.24) is 20.5 Å². The lowest BCUT2D eigenvalue weighted by Crippen LogP contribution is -2.29. The molecular formula is C19H19ClN4S. The molecule has 1 aromatic carbocycles. The van der Waals surface area contributed by atoms with Crippen LogP contribution in [-0.2, 0) is 0 Å². The average molecular weight is 371 g/mol. The average Bonchev–Trinajstić information content (AvgIpc) is 3.07. The van der Waals surface area contributed by atoms with E-state index in [0.717, 1.165) is 45.5 Å². The third-order valence-electron chi connectivity index (χ3n) is 4.40. The van der Waals surface area contributed by atoms with E-state index in [1.807, 2.05) is 60.6 Å². The van der Waals surface area contributed by atoms with Gasteiger partial charge in [-0.05, 0) is 55.8 Å². The first-order chi connectivity index (χ1) is 12.3. The van der Waals surface area contributed by atoms with Crippen LogP contribution in [0.1, 0.15) is 12.8 Å². The summed E-state index contributed by atoms with van der Waals surface area (Å²) >= 11 is 7.92. The summed E-state index contributed by atoms with van der Waals surface area (Å²) < 4.78 is 0. The molecule has 2 N–H and O–H groups in total. The van der Waals surface area contributed by atoms with Crippen molar-refractivity contribution in [3.63, 3.8) is 0 Å². The number of benzene rings is 1. The molecule has 6 heteroatoms. The van der Waals surface area contributed by atoms with Crippen LogP contribution in [0, 0.1) is 0 Å². The lowest BCUT2D eigenvalue weighted by molar-refractivity contribution is 0.531. The Morgan fingerprint density at radius 3 is 2.40 bits per heavy atom. The molecule has 4 nitrogen and oxygen atoms in total. The van der Waals surface area contributed by atoms with Gasteiger partial charge in [0, 0.05) is 33.8 Å². The van der Waals surface area contributed by atoms with E-state index in [9.17, 15) is 0 Å². The van der Waals surface area contributed by atoms with Gasteiger partial charge in [-0.15, -0.1) is 11.8 Å². The SMILES string of the molecule is Clc1ccc(-c2[nH]nc(SC3CCNCC3)c2-c2ccncc2)cc1. The quantitative estimate of drug-likeness (QED) is 0.702. The first kappa shape index (κ1) is 16.6. The summed E-state index contributed by atoms with van der Waals surface area (Å²) in [5.74, 6) is 0. The number of nitrogens with one attached hydrogen (secondary N) is 2. The smallest absolute Gasteiger partial charge is 0.127 e. The molecule has 25 heavy (non-hydrogen) atoms. The molecule has 0 saturated carbocycles. The van der Waals surface area contributed by atoms with Crippen molar-refractivity contribution in [1.29, 1.82) is 0 Å². The summed E-state index contributed by atoms with van der Waals surface area (Å²) in [6.07, 6.45) is 5.99. The normalized spacial score (nSPS) is 15.4. The second kappa shape index (κ2) is 7.60. The molecule has 1 aliphatic rings. The molecule has 1 aliphatic heterocycles. The Bertz CT molecular complexity index is 826. The molecule has 0 unspecified atom stereocenters. The zero-order chi connectivity index (χ0) is 17.1. The van der Waals surface area contributed by atoms with Crippen LogP contribution in [0.2, 0.25) is 5.02 Å². The molecule has 0 atom stereocenters. The van der Waals surface area contributed by atoms with Crippen LogP contribution in [0.4, 0.5) is 0 Å². The van der Waals surface area contributed by atoms with Crippen molar-refractivity contribution < 1.29 is 0 Å². The van der Waals surface area contributed by atoms with Gasteiger partial charge in [0.05, 0.1) is 5.69 Å². The number of hydrogen-bond acceptors (Lipinski definition) is 4. The first-order valence-electron chi connectivity index (χ1n) is 8.43. The lowest BCUT2D eigenvalue weighted by atomic mass is 10.0. The highest BCUT2D eigenvalue weighted by molar-refractivity contribution is 8.00. The summed E-state index contributed by atoms with van der Waals surface area (Å²) in [7, 11) is 0. The molecule has 128 valence electrons. The Morgan fingerprint density at radius 2 is 1.68 bits per heavy atom. The molecule has 0 amide bonds. The Hall–Kier alpha value is -1.82. The number of aromatic nitrogens is 3. The highest BCUT2D eigenvalue weighted by Crippen LogP contribution is 2.40. The van der Waals surface area contributed by atoms with Gasteiger partial charge in [-0.25, -0.2) is 0 Å². The molecular weight excluding hydrogens is 352 g/mol. The Labute approximate surface area is 156 Å². The minimum absolute atomic E-state index is 0.600. The summed E-state index contributed by atoms with van der Waals surface area (Å²) in [4.78, 5) is 4.15. The van der Waals surface area contributed by atoms with Gasteiger partial charge >= 0.3 is 0 Å². The standard InChI is InChI=1S/C19H19ClN4S/c20-15-3-1-14(2-4-15)18-17(13-5-9-21-10-6-13)19(24-23-18)25-16-7-11-22-12-8-16/h1-6,9-10,16,22H,7-8,11-12H2,(H,23,24). The first-order valence-corrected chi connectivity index (χ1v) is 9.69. The van der Waals surface area contributed by atoms with Crippen molar-refractivity contribution in [2.24, 2.45) is 0 Å². The van der Waals surface area contributed by atoms with E-state index in [2.05, 4.69) is 20.5 Å². The molecule has 0 spiro atoms. The Balaban J connectivity index is 1.75. The van der Waals surface area contributed by atoms with Gasteiger partial charge in [-0.2, -0.15) is 5.10 Å². The van der Waals surface area contributed by atoms with Crippen LogP contribution in [0.3, 0.4) is 0 Å². The van der Waals surface area contributed by atoms with Crippen LogP contribution in [-0.4, -0.2) is 33.5 Å². The maximum atomic E-state index is 6.05. The molecule has 1 saturated heterocycles. The summed E-state index contributed by atoms with van der Waals surface area (Å²) in [5, 5.41) is 13.7. The van der Waals surface area contributed by atoms with Gasteiger partial charge in [0.1, 0.15) is 5.03 Å². The monoisotopic (exact) mass is 370 g/mol. The fourth-order valence-electron chi connectivity index (χ4n) is 3.09. The minimum atomic E-state index is 0.600. The van der Waals surface area contributed by atoms with Crippen molar-refractivity contribution in [2.75, 3.05) is 13.1 Å². The molecule has 1 fully saturated rings. The van der Waals surface area contributed by atoms with Gasteiger partial charge < -0.3 is 5.32 Å². The summed E-state index contributed by atoms with van der Waals surface area (Å²) in [6, 6.07) is 12.0. The van der Waals surface area contributed by atoms with Crippen LogP contribution >= 0.6 is 23.4 Å². The molecule has 3 aromatic rings. The van der Waals surface area contributed by atoms with E-state index in [0.29, 0.717) is 5.25 Å². The van der Waals surface area contributed by atoms with Crippen molar-refractivity contribution in [3.8, 4) is 22.4 Å². The van der Waals surface area contributed by atoms with Crippen molar-refractivity contribution in [2.45, 2.75) is 23.1 Å². The highest BCUT2D eigenvalue weighted by atomic mass is 35.5. The van der Waals surface area contributed by atoms with Crippen LogP contribution in [0.5, 0.6) is 0 Å². The molecule has 0 bridgehead atoms. The fraction of sp³-hybridized carbons (Fsp3) is 0.263. The van der Waals surface area contributed by atoms with Gasteiger partial charge in [0.2, 0.25) is 0 Å². The van der Waals surface area contributed by atoms with E-state index in [1.54, 1.807) is 0 Å². The van der Waals surface area contributed by atoms with E-state index >= 15 is 0 Å². The number of hydrogen-bond donors (Lipinski definition) is 2. The predicted octanol–water partition coefficient (Wildman–Crippen LogP) is 4.64. The van der Waals surface area contributed by atoms with Crippen LogP contribution < -0.4 is 5.32 Å². The molecule has 4 rings (SSSR count). The van der Waals surface area contributed by atoms with E-state index in [-0.39, 0.29) is 0 Å². The summed E-state index contributed by atoms with van der Waals surface area (Å²) in [5.41, 5.74) is 4.39. The minimum Gasteiger partial charge on any atom is -0.317 e. The second-order valence-electron chi connectivity index (χ2n) is 6.09. The van der Waals surface area contributed by atoms with Crippen LogP contribution in [0.15, 0.2) is 53.8 Å². The zero-order valence-corrected chi connectivity index (χ0v) is 15.3. The zero-order valence-electron chi connectivity index (χ0n) is 13.7. The third kappa shape index (κ3) is 3.73. The number of aromatic amines is 1. The van der Waals surface area contributed by atoms with Gasteiger partial charge in [-0.1, -0.05) is 23.7 Å². The Morgan fingerprint density at radius 1 is 0.960 bits per heavy atom. The Kier molecular flexibility index (Phi) is 5.06. The van der Waals surface area contributed by atoms with Gasteiger partial charge in [-0.3, -0.25) is 10.1 Å². The fourth-order valence-corrected chi connectivity index (χ4v) is 4.44. The predicted molar refractivity (Wildman–Crippen MR) is 104 cm³/mol. The maximum Gasteiger partial charge on any atom is 0.127 e. The number of halogens is 1. The van der Waals surface area contributed by atoms with Crippen molar-refractivity contribution >= 4 is 23.4 Å². The van der Waals surface area contributed by atoms with E-state index in [4.69, 9.17) is 11.6 Å². The third-order valence-corrected chi connectivity index (χ3v) is 5.97. The lowest BCUT2D eigenvalue weighted by Gasteiger charge is -2.21. The van der Waals surface area contributed by atoms with E-state index in [1.165, 1.54) is 12.8 Å². The topological polar surface area (TPSA) is 53.6 Å². The van der Waals surface area contributed by atoms with Gasteiger partial charge in [0.25, 0.3) is 0 Å². The van der Waals surface area contributed by atoms with E-state index < -0.39 is 0 Å². The van der Waals surface area contributed by atoms with Crippen molar-refractivity contribution in [3.05, 3.63) is 53.8 Å². The second-order valence-corrected chi connectivity index (χ2v) is 7.81. The molecule has 3 heterocycles. The number of H-pyrrole nitrogens is 1. The highest BCUT2D eigenvalue weighted by Gasteiger charge is 2.22. The number of rotatable bonds is 4. The number of piperidine rings is 1. The number of thioether (sulfide) groups is 1. The van der Waals surface area contributed by atoms with Gasteiger partial charge in [0.15, 0.2) is 0 Å². The number of pyridine rings is 1. The molecule has 0 radical (unpaired) electrons. The molecule has 2 aromatic heterocycles. The largest absolute Gasteiger partial charge is 0.317 e. The number of nitrogens with zero attached hydrogens (tertiary/aromatic N) is 2.